The fraction of sp³-hybridized carbons (Fsp3) is 0.214. The van der Waals surface area contributed by atoms with Gasteiger partial charge in [0.25, 0.3) is 0 Å². The van der Waals surface area contributed by atoms with Gasteiger partial charge in [-0.15, -0.1) is 0 Å². The largest absolute Gasteiger partial charge is 0.508 e. The van der Waals surface area contributed by atoms with Crippen molar-refractivity contribution in [2.24, 2.45) is 0 Å². The van der Waals surface area contributed by atoms with Gasteiger partial charge in [-0.3, -0.25) is 0 Å². The van der Waals surface area contributed by atoms with Crippen molar-refractivity contribution in [1.29, 1.82) is 0 Å². The smallest absolute Gasteiger partial charge is 0.488 e. The zero-order valence-electron chi connectivity index (χ0n) is 31.7. The molecule has 6 rings (SSSR count). The molecular formula is C42H49BBr2N6O5. The lowest BCUT2D eigenvalue weighted by atomic mass is 9.80. The maximum atomic E-state index is 9.53. The summed E-state index contributed by atoms with van der Waals surface area (Å²) in [5.41, 5.74) is 25.1. The molecule has 14 heteroatoms. The van der Waals surface area contributed by atoms with E-state index in [1.54, 1.807) is 42.9 Å². The Labute approximate surface area is 345 Å². The summed E-state index contributed by atoms with van der Waals surface area (Å²) in [5, 5.41) is 45.0. The zero-order valence-corrected chi connectivity index (χ0v) is 34.9. The van der Waals surface area contributed by atoms with Crippen LogP contribution in [0.5, 0.6) is 17.2 Å². The molecule has 0 atom stereocenters. The molecule has 0 unspecified atom stereocenters. The van der Waals surface area contributed by atoms with Crippen molar-refractivity contribution >= 4 is 61.9 Å². The average molecular weight is 889 g/mol. The maximum absolute atomic E-state index is 9.53. The van der Waals surface area contributed by atoms with Crippen LogP contribution >= 0.6 is 31.9 Å². The molecule has 11 nitrogen and oxygen atoms in total. The van der Waals surface area contributed by atoms with Crippen molar-refractivity contribution in [2.45, 2.75) is 59.3 Å². The first-order valence-electron chi connectivity index (χ1n) is 18.1. The number of phenols is 3. The third-order valence-corrected chi connectivity index (χ3v) is 9.79. The number of aryl methyl sites for hydroxylation is 1. The van der Waals surface area contributed by atoms with Gasteiger partial charge in [-0.2, -0.15) is 0 Å². The van der Waals surface area contributed by atoms with Gasteiger partial charge in [-0.05, 0) is 133 Å². The van der Waals surface area contributed by atoms with Crippen LogP contribution in [0, 0.1) is 0 Å². The molecule has 0 bridgehead atoms. The minimum absolute atomic E-state index is 0.115. The van der Waals surface area contributed by atoms with E-state index in [0.717, 1.165) is 75.3 Å². The minimum atomic E-state index is -1.46. The van der Waals surface area contributed by atoms with Crippen molar-refractivity contribution in [2.75, 3.05) is 17.2 Å². The SMILES string of the molecule is CCCc1c(-c2ccc(O)cc2)cnc(N)c1-c1ccc(O)cc1.CCCc1c(Br)cnc(N)c1Br.CCCc1ccnc(N)c1.OB(O)c1ccc(O)cc1. The second kappa shape index (κ2) is 23.0. The van der Waals surface area contributed by atoms with Gasteiger partial charge in [0.1, 0.15) is 34.7 Å². The first-order chi connectivity index (χ1) is 26.8. The maximum Gasteiger partial charge on any atom is 0.488 e. The second-order valence-corrected chi connectivity index (χ2v) is 14.2. The van der Waals surface area contributed by atoms with Crippen LogP contribution in [-0.4, -0.2) is 47.4 Å². The highest BCUT2D eigenvalue weighted by atomic mass is 79.9. The molecule has 0 aliphatic carbocycles. The molecule has 0 spiro atoms. The Kier molecular flexibility index (Phi) is 18.6. The molecule has 0 amide bonds. The summed E-state index contributed by atoms with van der Waals surface area (Å²) < 4.78 is 1.93. The van der Waals surface area contributed by atoms with E-state index >= 15 is 0 Å². The minimum Gasteiger partial charge on any atom is -0.508 e. The monoisotopic (exact) mass is 886 g/mol. The van der Waals surface area contributed by atoms with Crippen LogP contribution in [0.2, 0.25) is 0 Å². The third kappa shape index (κ3) is 13.9. The third-order valence-electron chi connectivity index (χ3n) is 8.22. The van der Waals surface area contributed by atoms with Crippen LogP contribution < -0.4 is 22.7 Å². The van der Waals surface area contributed by atoms with Gasteiger partial charge in [0.15, 0.2) is 0 Å². The summed E-state index contributed by atoms with van der Waals surface area (Å²) in [5.74, 6) is 2.22. The zero-order chi connectivity index (χ0) is 41.2. The highest BCUT2D eigenvalue weighted by molar-refractivity contribution is 9.11. The lowest BCUT2D eigenvalue weighted by Crippen LogP contribution is -2.29. The predicted octanol–water partition coefficient (Wildman–Crippen LogP) is 8.19. The fourth-order valence-corrected chi connectivity index (χ4v) is 6.78. The number of nitrogen functional groups attached to an aromatic ring is 3. The van der Waals surface area contributed by atoms with Crippen LogP contribution in [0.15, 0.2) is 112 Å². The van der Waals surface area contributed by atoms with Crippen molar-refractivity contribution < 1.29 is 25.4 Å². The first kappa shape index (κ1) is 45.2. The first-order valence-corrected chi connectivity index (χ1v) is 19.7. The number of halogens is 2. The topological polar surface area (TPSA) is 218 Å². The highest BCUT2D eigenvalue weighted by Gasteiger charge is 2.16. The van der Waals surface area contributed by atoms with Crippen molar-refractivity contribution in [3.8, 4) is 39.5 Å². The fourth-order valence-electron chi connectivity index (χ4n) is 5.50. The van der Waals surface area contributed by atoms with Gasteiger partial charge < -0.3 is 42.6 Å². The number of benzene rings is 3. The molecular weight excluding hydrogens is 839 g/mol. The lowest BCUT2D eigenvalue weighted by molar-refractivity contribution is 0.425. The Morgan fingerprint density at radius 3 is 1.61 bits per heavy atom. The summed E-state index contributed by atoms with van der Waals surface area (Å²) in [6, 6.07) is 23.7. The number of nitrogens with two attached hydrogens (primary N) is 3. The van der Waals surface area contributed by atoms with Crippen LogP contribution in [0.25, 0.3) is 22.3 Å². The molecule has 0 aliphatic rings. The Hall–Kier alpha value is -5.15. The van der Waals surface area contributed by atoms with Gasteiger partial charge in [0, 0.05) is 34.2 Å². The molecule has 0 aliphatic heterocycles. The van der Waals surface area contributed by atoms with Crippen LogP contribution in [0.3, 0.4) is 0 Å². The normalized spacial score (nSPS) is 10.2. The highest BCUT2D eigenvalue weighted by Crippen LogP contribution is 2.37. The molecule has 3 heterocycles. The molecule has 6 aromatic rings. The number of anilines is 3. The predicted molar refractivity (Wildman–Crippen MR) is 235 cm³/mol. The molecule has 0 fully saturated rings. The van der Waals surface area contributed by atoms with E-state index in [0.29, 0.717) is 22.9 Å². The van der Waals surface area contributed by atoms with Crippen LogP contribution in [0.4, 0.5) is 17.5 Å². The number of hydrogen-bond donors (Lipinski definition) is 8. The number of pyridine rings is 3. The van der Waals surface area contributed by atoms with Crippen molar-refractivity contribution in [3.63, 3.8) is 0 Å². The molecule has 56 heavy (non-hydrogen) atoms. The van der Waals surface area contributed by atoms with E-state index < -0.39 is 7.12 Å². The van der Waals surface area contributed by atoms with E-state index in [1.165, 1.54) is 35.4 Å². The summed E-state index contributed by atoms with van der Waals surface area (Å²) in [6.45, 7) is 6.41. The second-order valence-electron chi connectivity index (χ2n) is 12.6. The van der Waals surface area contributed by atoms with E-state index in [4.69, 9.17) is 32.4 Å². The van der Waals surface area contributed by atoms with Crippen LogP contribution in [0.1, 0.15) is 56.7 Å². The van der Waals surface area contributed by atoms with E-state index in [2.05, 4.69) is 67.6 Å². The Morgan fingerprint density at radius 1 is 0.589 bits per heavy atom. The molecule has 0 saturated carbocycles. The van der Waals surface area contributed by atoms with Gasteiger partial charge >= 0.3 is 7.12 Å². The van der Waals surface area contributed by atoms with Crippen LogP contribution in [-0.2, 0) is 19.3 Å². The van der Waals surface area contributed by atoms with Gasteiger partial charge in [0.2, 0.25) is 0 Å². The van der Waals surface area contributed by atoms with Crippen molar-refractivity contribution in [1.82, 2.24) is 15.0 Å². The van der Waals surface area contributed by atoms with Crippen molar-refractivity contribution in [3.05, 3.63) is 129 Å². The van der Waals surface area contributed by atoms with E-state index in [-0.39, 0.29) is 17.2 Å². The summed E-state index contributed by atoms with van der Waals surface area (Å²) in [4.78, 5) is 12.3. The number of aromatic nitrogens is 3. The van der Waals surface area contributed by atoms with Gasteiger partial charge in [-0.1, -0.05) is 76.4 Å². The van der Waals surface area contributed by atoms with E-state index in [1.807, 2.05) is 36.4 Å². The number of nitrogens with zero attached hydrogens (tertiary/aromatic N) is 3. The number of aromatic hydroxyl groups is 3. The number of phenolic OH excluding ortho intramolecular Hbond substituents is 3. The number of rotatable bonds is 9. The van der Waals surface area contributed by atoms with E-state index in [9.17, 15) is 10.2 Å². The number of hydrogen-bond acceptors (Lipinski definition) is 11. The molecule has 3 aromatic heterocycles. The average Bonchev–Trinajstić information content (AvgIpc) is 3.17. The lowest BCUT2D eigenvalue weighted by Gasteiger charge is -2.17. The summed E-state index contributed by atoms with van der Waals surface area (Å²) in [7, 11) is -1.46. The summed E-state index contributed by atoms with van der Waals surface area (Å²) in [6.07, 6.45) is 11.5. The summed E-state index contributed by atoms with van der Waals surface area (Å²) >= 11 is 6.85. The van der Waals surface area contributed by atoms with Gasteiger partial charge in [-0.25, -0.2) is 15.0 Å². The molecule has 3 aromatic carbocycles. The van der Waals surface area contributed by atoms with Gasteiger partial charge in [0.05, 0.1) is 4.47 Å². The quantitative estimate of drug-likeness (QED) is 0.0648. The molecule has 294 valence electrons. The molecule has 0 radical (unpaired) electrons. The molecule has 0 saturated heterocycles. The Morgan fingerprint density at radius 2 is 1.09 bits per heavy atom. The Balaban J connectivity index is 0.000000220. The molecule has 11 N–H and O–H groups in total. The standard InChI is InChI=1S/C20H20N2O2.C8H10Br2N2.C8H12N2.C6H7BO3/c1-2-3-17-18(13-4-8-15(23)9-5-13)12-22-20(21)19(17)14-6-10-16(24)11-7-14;1-2-3-5-6(9)4-12-8(11)7(5)10;1-2-3-7-4-5-10-8(9)6-7;8-6-3-1-5(2-4-6)7(9)10/h4-12,23-24H,2-3H2,1H3,(H2,21,22);4H,2-3H2,1H3,(H2,11,12);4-6H,2-3H2,1H3,(H2,9,10);1-4,8-10H. The Bertz CT molecular complexity index is 2110.